The lowest BCUT2D eigenvalue weighted by Gasteiger charge is -2.31. The summed E-state index contributed by atoms with van der Waals surface area (Å²) in [5.41, 5.74) is 3.64. The normalized spacial score (nSPS) is 15.1. The highest BCUT2D eigenvalue weighted by Crippen LogP contribution is 2.44. The molecule has 6 heteroatoms. The Morgan fingerprint density at radius 3 is 1.86 bits per heavy atom. The summed E-state index contributed by atoms with van der Waals surface area (Å²) >= 11 is 0. The number of phenols is 1. The topological polar surface area (TPSA) is 88.8 Å². The number of ether oxygens (including phenoxy) is 3. The van der Waals surface area contributed by atoms with E-state index < -0.39 is 17.5 Å². The van der Waals surface area contributed by atoms with Crippen LogP contribution in [0.15, 0.2) is 72.8 Å². The van der Waals surface area contributed by atoms with Crippen LogP contribution in [0.2, 0.25) is 0 Å². The van der Waals surface area contributed by atoms with Crippen molar-refractivity contribution >= 4 is 5.97 Å². The molecule has 0 aliphatic heterocycles. The summed E-state index contributed by atoms with van der Waals surface area (Å²) in [6.45, 7) is 14.2. The number of hydrogen-bond donors (Lipinski definition) is 1. The zero-order valence-corrected chi connectivity index (χ0v) is 25.7. The van der Waals surface area contributed by atoms with E-state index in [0.717, 1.165) is 22.4 Å². The van der Waals surface area contributed by atoms with Crippen LogP contribution in [0.3, 0.4) is 0 Å². The van der Waals surface area contributed by atoms with E-state index in [1.807, 2.05) is 50.2 Å². The zero-order chi connectivity index (χ0) is 30.9. The zero-order valence-electron chi connectivity index (χ0n) is 25.7. The number of carbonyl (C=O) groups is 1. The fourth-order valence-electron chi connectivity index (χ4n) is 5.18. The van der Waals surface area contributed by atoms with Gasteiger partial charge in [-0.1, -0.05) is 62.4 Å². The van der Waals surface area contributed by atoms with Gasteiger partial charge >= 0.3 is 5.97 Å². The standard InChI is InChI=1S/C36H43NO5/c1-8-40-26(4)41-33-20-15-30(16-21-33)35(25(3)28-13-18-32(38)19-14-28)24(2)27-9-11-29(12-10-27)31(23-37)17-22-34(39)42-36(5,6)7/h9-22,24-26,31,35,38H,8H2,1-7H3. The number of nitrogens with zero attached hydrogens (tertiary/aromatic N) is 1. The number of carbonyl (C=O) groups excluding carboxylic acids is 1. The van der Waals surface area contributed by atoms with Crippen LogP contribution < -0.4 is 4.74 Å². The Balaban J connectivity index is 1.84. The molecule has 3 aromatic rings. The van der Waals surface area contributed by atoms with Crippen molar-refractivity contribution in [3.63, 3.8) is 0 Å². The van der Waals surface area contributed by atoms with Crippen molar-refractivity contribution in [3.8, 4) is 17.6 Å². The summed E-state index contributed by atoms with van der Waals surface area (Å²) in [5.74, 6) is 0.312. The maximum absolute atomic E-state index is 12.1. The molecule has 6 nitrogen and oxygen atoms in total. The fraction of sp³-hybridized carbons (Fsp3) is 0.389. The average Bonchev–Trinajstić information content (AvgIpc) is 2.94. The molecule has 3 aromatic carbocycles. The van der Waals surface area contributed by atoms with E-state index in [1.165, 1.54) is 12.0 Å². The van der Waals surface area contributed by atoms with Gasteiger partial charge in [0.25, 0.3) is 0 Å². The van der Waals surface area contributed by atoms with Gasteiger partial charge < -0.3 is 19.3 Å². The third kappa shape index (κ3) is 9.36. The molecule has 0 saturated carbocycles. The van der Waals surface area contributed by atoms with Crippen LogP contribution in [0.4, 0.5) is 0 Å². The highest BCUT2D eigenvalue weighted by atomic mass is 16.7. The Morgan fingerprint density at radius 2 is 1.36 bits per heavy atom. The highest BCUT2D eigenvalue weighted by Gasteiger charge is 2.28. The van der Waals surface area contributed by atoms with Gasteiger partial charge in [-0.05, 0) is 105 Å². The van der Waals surface area contributed by atoms with E-state index in [4.69, 9.17) is 14.2 Å². The SMILES string of the molecule is CCOC(C)Oc1ccc(C(C(C)c2ccc(O)cc2)C(C)c2ccc(C(C#N)[CH][CH]C(=O)OC(C)(C)C)cc2)cc1. The van der Waals surface area contributed by atoms with E-state index >= 15 is 0 Å². The molecule has 0 heterocycles. The van der Waals surface area contributed by atoms with Gasteiger partial charge in [0.2, 0.25) is 0 Å². The summed E-state index contributed by atoms with van der Waals surface area (Å²) in [6, 6.07) is 25.8. The summed E-state index contributed by atoms with van der Waals surface area (Å²) in [4.78, 5) is 12.1. The van der Waals surface area contributed by atoms with Crippen LogP contribution in [0.25, 0.3) is 0 Å². The monoisotopic (exact) mass is 569 g/mol. The molecule has 0 aliphatic carbocycles. The van der Waals surface area contributed by atoms with Gasteiger partial charge in [-0.25, -0.2) is 0 Å². The molecule has 222 valence electrons. The molecule has 42 heavy (non-hydrogen) atoms. The number of hydrogen-bond acceptors (Lipinski definition) is 6. The van der Waals surface area contributed by atoms with Crippen LogP contribution in [0.5, 0.6) is 11.5 Å². The summed E-state index contributed by atoms with van der Waals surface area (Å²) in [6.07, 6.45) is 2.58. The van der Waals surface area contributed by atoms with Crippen LogP contribution in [0.1, 0.15) is 94.4 Å². The molecular formula is C36H43NO5. The minimum atomic E-state index is -0.593. The van der Waals surface area contributed by atoms with Gasteiger partial charge in [0.1, 0.15) is 17.1 Å². The van der Waals surface area contributed by atoms with Crippen LogP contribution in [-0.2, 0) is 14.3 Å². The minimum Gasteiger partial charge on any atom is -0.508 e. The van der Waals surface area contributed by atoms with Crippen LogP contribution >= 0.6 is 0 Å². The van der Waals surface area contributed by atoms with Gasteiger partial charge in [0.05, 0.1) is 18.4 Å². The quantitative estimate of drug-likeness (QED) is 0.165. The summed E-state index contributed by atoms with van der Waals surface area (Å²) in [5, 5.41) is 19.6. The molecule has 5 unspecified atom stereocenters. The molecule has 3 rings (SSSR count). The third-order valence-electron chi connectivity index (χ3n) is 7.26. The number of esters is 1. The maximum Gasteiger partial charge on any atom is 0.310 e. The van der Waals surface area contributed by atoms with E-state index in [-0.39, 0.29) is 29.8 Å². The van der Waals surface area contributed by atoms with Crippen LogP contribution in [-0.4, -0.2) is 29.6 Å². The van der Waals surface area contributed by atoms with E-state index in [2.05, 4.69) is 44.2 Å². The van der Waals surface area contributed by atoms with Gasteiger partial charge in [0.15, 0.2) is 6.29 Å². The lowest BCUT2D eigenvalue weighted by molar-refractivity contribution is -0.150. The highest BCUT2D eigenvalue weighted by molar-refractivity contribution is 5.81. The number of benzene rings is 3. The van der Waals surface area contributed by atoms with E-state index in [9.17, 15) is 15.2 Å². The lowest BCUT2D eigenvalue weighted by Crippen LogP contribution is -2.24. The predicted molar refractivity (Wildman–Crippen MR) is 165 cm³/mol. The number of rotatable bonds is 13. The van der Waals surface area contributed by atoms with Crippen molar-refractivity contribution in [2.45, 2.75) is 84.0 Å². The Bertz CT molecular complexity index is 1300. The molecule has 0 fully saturated rings. The molecule has 0 amide bonds. The Hall–Kier alpha value is -3.82. The smallest absolute Gasteiger partial charge is 0.310 e. The molecule has 0 aromatic heterocycles. The molecule has 0 saturated heterocycles. The maximum atomic E-state index is 12.1. The average molecular weight is 570 g/mol. The van der Waals surface area contributed by atoms with Crippen molar-refractivity contribution in [1.29, 1.82) is 5.26 Å². The first-order valence-corrected chi connectivity index (χ1v) is 14.5. The molecule has 0 spiro atoms. The van der Waals surface area contributed by atoms with E-state index in [0.29, 0.717) is 6.61 Å². The van der Waals surface area contributed by atoms with Crippen molar-refractivity contribution in [2.24, 2.45) is 0 Å². The van der Waals surface area contributed by atoms with Gasteiger partial charge in [-0.3, -0.25) is 4.79 Å². The van der Waals surface area contributed by atoms with Gasteiger partial charge in [-0.2, -0.15) is 5.26 Å². The number of phenolic OH excluding ortho intramolecular Hbond substituents is 1. The van der Waals surface area contributed by atoms with E-state index in [1.54, 1.807) is 39.3 Å². The largest absolute Gasteiger partial charge is 0.508 e. The van der Waals surface area contributed by atoms with Crippen molar-refractivity contribution < 1.29 is 24.1 Å². The van der Waals surface area contributed by atoms with Crippen LogP contribution in [0, 0.1) is 24.2 Å². The molecule has 1 N–H and O–H groups in total. The summed E-state index contributed by atoms with van der Waals surface area (Å²) < 4.78 is 16.7. The first-order valence-electron chi connectivity index (χ1n) is 14.5. The van der Waals surface area contributed by atoms with Crippen molar-refractivity contribution in [2.75, 3.05) is 6.61 Å². The van der Waals surface area contributed by atoms with Gasteiger partial charge in [-0.15, -0.1) is 0 Å². The second-order valence-corrected chi connectivity index (χ2v) is 11.6. The summed E-state index contributed by atoms with van der Waals surface area (Å²) in [7, 11) is 0. The Labute approximate surface area is 251 Å². The predicted octanol–water partition coefficient (Wildman–Crippen LogP) is 8.20. The lowest BCUT2D eigenvalue weighted by atomic mass is 9.73. The number of nitriles is 1. The second kappa shape index (κ2) is 14.9. The van der Waals surface area contributed by atoms with Crippen molar-refractivity contribution in [3.05, 3.63) is 108 Å². The first-order chi connectivity index (χ1) is 19.9. The number of aromatic hydroxyl groups is 1. The first kappa shape index (κ1) is 32.7. The fourth-order valence-corrected chi connectivity index (χ4v) is 5.18. The molecule has 5 atom stereocenters. The molecular weight excluding hydrogens is 526 g/mol. The van der Waals surface area contributed by atoms with Crippen molar-refractivity contribution in [1.82, 2.24) is 0 Å². The molecule has 2 radical (unpaired) electrons. The minimum absolute atomic E-state index is 0.109. The molecule has 0 bridgehead atoms. The van der Waals surface area contributed by atoms with Gasteiger partial charge in [0, 0.05) is 6.61 Å². The molecule has 0 aliphatic rings. The second-order valence-electron chi connectivity index (χ2n) is 11.6. The third-order valence-corrected chi connectivity index (χ3v) is 7.26. The Kier molecular flexibility index (Phi) is 11.6. The Morgan fingerprint density at radius 1 is 0.857 bits per heavy atom.